The first kappa shape index (κ1) is 23.8. The van der Waals surface area contributed by atoms with Gasteiger partial charge in [0.25, 0.3) is 0 Å². The van der Waals surface area contributed by atoms with Crippen molar-refractivity contribution in [2.75, 3.05) is 35.5 Å². The molecular formula is C27H26O8. The second-order valence-corrected chi connectivity index (χ2v) is 7.43. The Kier molecular flexibility index (Phi) is 7.01. The Hall–Kier alpha value is -4.33. The van der Waals surface area contributed by atoms with Crippen molar-refractivity contribution in [3.8, 4) is 45.8 Å². The normalized spacial score (nSPS) is 10.7. The summed E-state index contributed by atoms with van der Waals surface area (Å²) in [5, 5.41) is 0.108. The summed E-state index contributed by atoms with van der Waals surface area (Å²) in [6.45, 7) is 0.154. The Labute approximate surface area is 202 Å². The number of ether oxygens (including phenoxy) is 6. The van der Waals surface area contributed by atoms with Gasteiger partial charge in [-0.3, -0.25) is 4.79 Å². The Morgan fingerprint density at radius 2 is 1.34 bits per heavy atom. The van der Waals surface area contributed by atoms with Gasteiger partial charge in [-0.15, -0.1) is 0 Å². The summed E-state index contributed by atoms with van der Waals surface area (Å²) >= 11 is 0. The van der Waals surface area contributed by atoms with Gasteiger partial charge in [0.1, 0.15) is 17.7 Å². The molecule has 0 saturated heterocycles. The number of hydrogen-bond acceptors (Lipinski definition) is 8. The van der Waals surface area contributed by atoms with Crippen molar-refractivity contribution >= 4 is 11.0 Å². The minimum Gasteiger partial charge on any atom is -0.497 e. The number of methoxy groups -OCH3 is 5. The Balaban J connectivity index is 2.07. The lowest BCUT2D eigenvalue weighted by Gasteiger charge is -2.19. The van der Waals surface area contributed by atoms with E-state index in [4.69, 9.17) is 32.8 Å². The Morgan fingerprint density at radius 3 is 1.97 bits per heavy atom. The van der Waals surface area contributed by atoms with Crippen LogP contribution in [0.2, 0.25) is 0 Å². The highest BCUT2D eigenvalue weighted by Gasteiger charge is 2.30. The van der Waals surface area contributed by atoms with Gasteiger partial charge in [-0.2, -0.15) is 0 Å². The second kappa shape index (κ2) is 10.3. The molecule has 0 N–H and O–H groups in total. The van der Waals surface area contributed by atoms with Crippen LogP contribution in [0.5, 0.6) is 34.5 Å². The fraction of sp³-hybridized carbons (Fsp3) is 0.222. The summed E-state index contributed by atoms with van der Waals surface area (Å²) in [6, 6.07) is 16.7. The lowest BCUT2D eigenvalue weighted by molar-refractivity contribution is 0.293. The molecule has 0 unspecified atom stereocenters. The van der Waals surface area contributed by atoms with Gasteiger partial charge >= 0.3 is 0 Å². The lowest BCUT2D eigenvalue weighted by Crippen LogP contribution is -2.12. The van der Waals surface area contributed by atoms with E-state index in [1.54, 1.807) is 31.4 Å². The summed E-state index contributed by atoms with van der Waals surface area (Å²) < 4.78 is 40.0. The molecule has 0 aliphatic heterocycles. The first-order valence-corrected chi connectivity index (χ1v) is 10.8. The smallest absolute Gasteiger partial charge is 0.239 e. The van der Waals surface area contributed by atoms with Gasteiger partial charge in [0, 0.05) is 5.56 Å². The largest absolute Gasteiger partial charge is 0.497 e. The first-order chi connectivity index (χ1) is 17.1. The Morgan fingerprint density at radius 1 is 0.686 bits per heavy atom. The van der Waals surface area contributed by atoms with E-state index in [1.807, 2.05) is 30.3 Å². The van der Waals surface area contributed by atoms with Crippen molar-refractivity contribution in [1.29, 1.82) is 0 Å². The highest BCUT2D eigenvalue weighted by Crippen LogP contribution is 2.51. The van der Waals surface area contributed by atoms with E-state index in [0.29, 0.717) is 11.3 Å². The number of hydrogen-bond donors (Lipinski definition) is 0. The highest BCUT2D eigenvalue weighted by atomic mass is 16.5. The van der Waals surface area contributed by atoms with Crippen LogP contribution in [-0.4, -0.2) is 35.5 Å². The van der Waals surface area contributed by atoms with Crippen LogP contribution in [0.3, 0.4) is 0 Å². The first-order valence-electron chi connectivity index (χ1n) is 10.8. The minimum absolute atomic E-state index is 0.0159. The van der Waals surface area contributed by atoms with Crippen LogP contribution in [-0.2, 0) is 6.61 Å². The van der Waals surface area contributed by atoms with Crippen molar-refractivity contribution in [1.82, 2.24) is 0 Å². The van der Waals surface area contributed by atoms with Gasteiger partial charge in [-0.25, -0.2) is 0 Å². The summed E-state index contributed by atoms with van der Waals surface area (Å²) in [4.78, 5) is 14.0. The van der Waals surface area contributed by atoms with E-state index in [-0.39, 0.29) is 52.1 Å². The molecule has 8 heteroatoms. The molecule has 0 spiro atoms. The predicted octanol–water partition coefficient (Wildman–Crippen LogP) is 5.08. The van der Waals surface area contributed by atoms with Crippen LogP contribution in [0.1, 0.15) is 5.56 Å². The van der Waals surface area contributed by atoms with E-state index in [0.717, 1.165) is 5.56 Å². The maximum absolute atomic E-state index is 14.0. The maximum Gasteiger partial charge on any atom is 0.239 e. The molecule has 0 aliphatic rings. The van der Waals surface area contributed by atoms with E-state index >= 15 is 0 Å². The standard InChI is InChI=1S/C27H26O8/c1-29-18-13-9-12-17(14-18)21-24(34-15-16-10-7-6-8-11-16)20(28)19-22(30-2)25(31-3)27(33-5)26(32-4)23(19)35-21/h6-14H,15H2,1-5H3. The average molecular weight is 478 g/mol. The monoisotopic (exact) mass is 478 g/mol. The molecule has 8 nitrogen and oxygen atoms in total. The molecule has 0 aliphatic carbocycles. The van der Waals surface area contributed by atoms with E-state index in [1.165, 1.54) is 28.4 Å². The van der Waals surface area contributed by atoms with Crippen molar-refractivity contribution in [2.24, 2.45) is 0 Å². The SMILES string of the molecule is COc1cccc(-c2oc3c(OC)c(OC)c(OC)c(OC)c3c(=O)c2OCc2ccccc2)c1. The van der Waals surface area contributed by atoms with Gasteiger partial charge in [0.05, 0.1) is 35.5 Å². The number of rotatable bonds is 9. The summed E-state index contributed by atoms with van der Waals surface area (Å²) in [5.41, 5.74) is 1.16. The zero-order valence-corrected chi connectivity index (χ0v) is 20.2. The van der Waals surface area contributed by atoms with Crippen LogP contribution in [0.25, 0.3) is 22.3 Å². The molecule has 0 amide bonds. The summed E-state index contributed by atoms with van der Waals surface area (Å²) in [5.74, 6) is 1.60. The quantitative estimate of drug-likeness (QED) is 0.329. The molecule has 4 rings (SSSR count). The molecule has 0 atom stereocenters. The van der Waals surface area contributed by atoms with Crippen LogP contribution in [0.15, 0.2) is 63.8 Å². The molecule has 0 fully saturated rings. The van der Waals surface area contributed by atoms with Crippen molar-refractivity contribution < 1.29 is 32.8 Å². The molecule has 4 aromatic rings. The molecule has 35 heavy (non-hydrogen) atoms. The molecule has 1 aromatic heterocycles. The third-order valence-electron chi connectivity index (χ3n) is 5.50. The van der Waals surface area contributed by atoms with E-state index in [2.05, 4.69) is 0 Å². The van der Waals surface area contributed by atoms with Gasteiger partial charge in [-0.05, 0) is 17.7 Å². The number of fused-ring (bicyclic) bond motifs is 1. The van der Waals surface area contributed by atoms with Gasteiger partial charge in [-0.1, -0.05) is 42.5 Å². The van der Waals surface area contributed by atoms with E-state index < -0.39 is 5.43 Å². The second-order valence-electron chi connectivity index (χ2n) is 7.43. The zero-order valence-electron chi connectivity index (χ0n) is 20.2. The van der Waals surface area contributed by atoms with Crippen LogP contribution in [0, 0.1) is 0 Å². The Bertz CT molecular complexity index is 1390. The highest BCUT2D eigenvalue weighted by molar-refractivity contribution is 5.96. The molecular weight excluding hydrogens is 452 g/mol. The van der Waals surface area contributed by atoms with Gasteiger partial charge in [0.2, 0.25) is 28.4 Å². The van der Waals surface area contributed by atoms with Crippen LogP contribution >= 0.6 is 0 Å². The molecule has 1 heterocycles. The maximum atomic E-state index is 14.0. The third-order valence-corrected chi connectivity index (χ3v) is 5.50. The van der Waals surface area contributed by atoms with Crippen LogP contribution < -0.4 is 33.8 Å². The minimum atomic E-state index is -0.448. The zero-order chi connectivity index (χ0) is 24.9. The number of benzene rings is 3. The fourth-order valence-corrected chi connectivity index (χ4v) is 3.87. The van der Waals surface area contributed by atoms with Crippen molar-refractivity contribution in [3.63, 3.8) is 0 Å². The third kappa shape index (κ3) is 4.30. The van der Waals surface area contributed by atoms with Gasteiger partial charge in [0.15, 0.2) is 17.1 Å². The molecule has 0 bridgehead atoms. The van der Waals surface area contributed by atoms with Crippen molar-refractivity contribution in [3.05, 3.63) is 70.4 Å². The molecule has 0 radical (unpaired) electrons. The molecule has 182 valence electrons. The van der Waals surface area contributed by atoms with E-state index in [9.17, 15) is 4.79 Å². The fourth-order valence-electron chi connectivity index (χ4n) is 3.87. The van der Waals surface area contributed by atoms with Gasteiger partial charge < -0.3 is 32.8 Å². The topological polar surface area (TPSA) is 85.6 Å². The van der Waals surface area contributed by atoms with Crippen LogP contribution in [0.4, 0.5) is 0 Å². The predicted molar refractivity (Wildman–Crippen MR) is 131 cm³/mol. The molecule has 0 saturated carbocycles. The molecule has 3 aromatic carbocycles. The van der Waals surface area contributed by atoms with Crippen molar-refractivity contribution in [2.45, 2.75) is 6.61 Å². The average Bonchev–Trinajstić information content (AvgIpc) is 2.91. The lowest BCUT2D eigenvalue weighted by atomic mass is 10.1. The summed E-state index contributed by atoms with van der Waals surface area (Å²) in [7, 11) is 7.36. The summed E-state index contributed by atoms with van der Waals surface area (Å²) in [6.07, 6.45) is 0.